The summed E-state index contributed by atoms with van der Waals surface area (Å²) in [6, 6.07) is 26.7. The molecule has 3 atom stereocenters. The summed E-state index contributed by atoms with van der Waals surface area (Å²) in [5, 5.41) is 2.46. The van der Waals surface area contributed by atoms with E-state index in [0.29, 0.717) is 24.7 Å². The Morgan fingerprint density at radius 2 is 1.44 bits per heavy atom. The van der Waals surface area contributed by atoms with Crippen molar-refractivity contribution in [3.8, 4) is 16.9 Å². The topological polar surface area (TPSA) is 96.2 Å². The fraction of sp³-hybridized carbons (Fsp3) is 0.425. The third kappa shape index (κ3) is 6.78. The van der Waals surface area contributed by atoms with Gasteiger partial charge in [-0.25, -0.2) is 8.42 Å². The van der Waals surface area contributed by atoms with E-state index in [1.165, 1.54) is 17.1 Å². The maximum absolute atomic E-state index is 14.6. The van der Waals surface area contributed by atoms with Crippen LogP contribution in [0.4, 0.5) is 0 Å². The Balaban J connectivity index is 1.04. The third-order valence-electron chi connectivity index (χ3n) is 11.3. The van der Waals surface area contributed by atoms with Gasteiger partial charge in [-0.2, -0.15) is 4.31 Å². The van der Waals surface area contributed by atoms with Gasteiger partial charge >= 0.3 is 0 Å². The van der Waals surface area contributed by atoms with E-state index in [1.807, 2.05) is 53.4 Å². The lowest BCUT2D eigenvalue weighted by molar-refractivity contribution is -0.142. The van der Waals surface area contributed by atoms with Gasteiger partial charge in [-0.1, -0.05) is 60.1 Å². The Kier molecular flexibility index (Phi) is 9.37. The first-order valence-corrected chi connectivity index (χ1v) is 19.9. The van der Waals surface area contributed by atoms with Crippen molar-refractivity contribution in [1.82, 2.24) is 14.1 Å². The first-order valence-electron chi connectivity index (χ1n) is 18.1. The standard InChI is InChI=1S/C40H45ClN4O4S/c41-32-13-9-29(10-14-32)28-7-5-27(6-8-28)25-43-19-20-44(39(26-43)40(46)45-34-15-16-35(45)24-33(42)23-34)50(47,48)38-18-12-30-21-37(17-11-31(30)22-38)49-36-3-1-2-4-36/h5-14,17-18,21-22,33-36,39H,1-4,15-16,19-20,23-26,42H2/t33?,34?,35?,39-/m1/s1. The van der Waals surface area contributed by atoms with E-state index in [1.54, 1.807) is 12.1 Å². The van der Waals surface area contributed by atoms with Crippen LogP contribution in [0, 0.1) is 0 Å². The van der Waals surface area contributed by atoms with Crippen molar-refractivity contribution in [2.75, 3.05) is 19.6 Å². The van der Waals surface area contributed by atoms with Crippen molar-refractivity contribution in [2.45, 2.75) is 93.1 Å². The minimum absolute atomic E-state index is 0.0675. The number of hydrogen-bond acceptors (Lipinski definition) is 6. The second-order valence-corrected chi connectivity index (χ2v) is 17.0. The molecule has 3 aliphatic heterocycles. The predicted octanol–water partition coefficient (Wildman–Crippen LogP) is 6.84. The summed E-state index contributed by atoms with van der Waals surface area (Å²) >= 11 is 6.08. The zero-order chi connectivity index (χ0) is 34.4. The molecule has 3 heterocycles. The number of rotatable bonds is 8. The van der Waals surface area contributed by atoms with Crippen LogP contribution < -0.4 is 10.5 Å². The molecule has 1 saturated carbocycles. The van der Waals surface area contributed by atoms with Gasteiger partial charge in [0, 0.05) is 49.3 Å². The summed E-state index contributed by atoms with van der Waals surface area (Å²) in [4.78, 5) is 19.0. The molecule has 4 fully saturated rings. The lowest BCUT2D eigenvalue weighted by Crippen LogP contribution is -2.63. The van der Waals surface area contributed by atoms with Crippen molar-refractivity contribution in [3.63, 3.8) is 0 Å². The quantitative estimate of drug-likeness (QED) is 0.215. The van der Waals surface area contributed by atoms with Crippen molar-refractivity contribution in [2.24, 2.45) is 5.73 Å². The Hall–Kier alpha value is -3.47. The summed E-state index contributed by atoms with van der Waals surface area (Å²) in [6.45, 7) is 1.71. The van der Waals surface area contributed by atoms with E-state index in [9.17, 15) is 13.2 Å². The van der Waals surface area contributed by atoms with Crippen molar-refractivity contribution >= 4 is 38.3 Å². The lowest BCUT2D eigenvalue weighted by atomic mass is 9.97. The van der Waals surface area contributed by atoms with Crippen LogP contribution in [0.2, 0.25) is 5.02 Å². The van der Waals surface area contributed by atoms with Crippen LogP contribution in [-0.4, -0.2) is 78.3 Å². The first-order chi connectivity index (χ1) is 24.2. The highest BCUT2D eigenvalue weighted by atomic mass is 35.5. The number of piperidine rings is 1. The first kappa shape index (κ1) is 33.7. The molecule has 4 aliphatic rings. The summed E-state index contributed by atoms with van der Waals surface area (Å²) in [5.41, 5.74) is 9.66. The smallest absolute Gasteiger partial charge is 0.243 e. The fourth-order valence-electron chi connectivity index (χ4n) is 8.68. The molecular formula is C40H45ClN4O4S. The maximum atomic E-state index is 14.6. The molecule has 0 spiro atoms. The molecule has 1 aliphatic carbocycles. The third-order valence-corrected chi connectivity index (χ3v) is 13.4. The van der Waals surface area contributed by atoms with Gasteiger partial charge in [0.1, 0.15) is 11.8 Å². The van der Waals surface area contributed by atoms with Crippen LogP contribution in [0.15, 0.2) is 89.8 Å². The molecule has 2 unspecified atom stereocenters. The SMILES string of the molecule is NC1CC2CCC(C1)N2C(=O)[C@H]1CN(Cc2ccc(-c3ccc(Cl)cc3)cc2)CCN1S(=O)(=O)c1ccc2cc(OC3CCCC3)ccc2c1. The average molecular weight is 713 g/mol. The summed E-state index contributed by atoms with van der Waals surface area (Å²) in [7, 11) is -3.98. The predicted molar refractivity (Wildman–Crippen MR) is 198 cm³/mol. The van der Waals surface area contributed by atoms with E-state index in [0.717, 1.165) is 71.7 Å². The molecule has 50 heavy (non-hydrogen) atoms. The number of benzene rings is 4. The second kappa shape index (κ2) is 13.9. The number of halogens is 1. The van der Waals surface area contributed by atoms with Crippen LogP contribution in [-0.2, 0) is 21.4 Å². The lowest BCUT2D eigenvalue weighted by Gasteiger charge is -2.45. The minimum atomic E-state index is -3.98. The molecule has 8 rings (SSSR count). The number of fused-ring (bicyclic) bond motifs is 3. The van der Waals surface area contributed by atoms with Crippen molar-refractivity contribution in [1.29, 1.82) is 0 Å². The average Bonchev–Trinajstić information content (AvgIpc) is 3.73. The van der Waals surface area contributed by atoms with Gasteiger partial charge in [0.2, 0.25) is 15.9 Å². The molecule has 2 N–H and O–H groups in total. The number of carbonyl (C=O) groups is 1. The highest BCUT2D eigenvalue weighted by Gasteiger charge is 2.48. The fourth-order valence-corrected chi connectivity index (χ4v) is 10.4. The molecule has 4 aromatic carbocycles. The van der Waals surface area contributed by atoms with Crippen molar-refractivity contribution < 1.29 is 17.9 Å². The van der Waals surface area contributed by atoms with Crippen LogP contribution in [0.1, 0.15) is 56.9 Å². The number of piperazine rings is 1. The highest BCUT2D eigenvalue weighted by Crippen LogP contribution is 2.37. The van der Waals surface area contributed by atoms with Gasteiger partial charge in [0.05, 0.1) is 11.0 Å². The summed E-state index contributed by atoms with van der Waals surface area (Å²) < 4.78 is 36.7. The Morgan fingerprint density at radius 3 is 2.14 bits per heavy atom. The van der Waals surface area contributed by atoms with Crippen LogP contribution in [0.5, 0.6) is 5.75 Å². The summed E-state index contributed by atoms with van der Waals surface area (Å²) in [6.07, 6.45) is 8.17. The van der Waals surface area contributed by atoms with Gasteiger partial charge in [0.15, 0.2) is 0 Å². The molecule has 10 heteroatoms. The zero-order valence-electron chi connectivity index (χ0n) is 28.3. The Bertz CT molecular complexity index is 1950. The number of nitrogens with two attached hydrogens (primary N) is 1. The number of nitrogens with zero attached hydrogens (tertiary/aromatic N) is 3. The molecule has 262 valence electrons. The maximum Gasteiger partial charge on any atom is 0.243 e. The molecule has 0 aromatic heterocycles. The number of sulfonamides is 1. The van der Waals surface area contributed by atoms with Gasteiger partial charge in [-0.3, -0.25) is 9.69 Å². The van der Waals surface area contributed by atoms with Gasteiger partial charge in [0.25, 0.3) is 0 Å². The zero-order valence-corrected chi connectivity index (χ0v) is 29.9. The van der Waals surface area contributed by atoms with E-state index in [2.05, 4.69) is 29.2 Å². The number of carbonyl (C=O) groups excluding carboxylic acids is 1. The second-order valence-electron chi connectivity index (χ2n) is 14.6. The van der Waals surface area contributed by atoms with Crippen LogP contribution in [0.25, 0.3) is 21.9 Å². The van der Waals surface area contributed by atoms with Crippen molar-refractivity contribution in [3.05, 3.63) is 95.5 Å². The molecular weight excluding hydrogens is 668 g/mol. The molecule has 8 nitrogen and oxygen atoms in total. The van der Waals surface area contributed by atoms with E-state index >= 15 is 0 Å². The summed E-state index contributed by atoms with van der Waals surface area (Å²) in [5.74, 6) is 0.725. The van der Waals surface area contributed by atoms with Crippen LogP contribution in [0.3, 0.4) is 0 Å². The van der Waals surface area contributed by atoms with E-state index < -0.39 is 16.1 Å². The molecule has 0 radical (unpaired) electrons. The van der Waals surface area contributed by atoms with Gasteiger partial charge in [-0.05, 0) is 115 Å². The highest BCUT2D eigenvalue weighted by molar-refractivity contribution is 7.89. The minimum Gasteiger partial charge on any atom is -0.490 e. The number of ether oxygens (including phenoxy) is 1. The molecule has 3 saturated heterocycles. The monoisotopic (exact) mass is 712 g/mol. The number of hydrogen-bond donors (Lipinski definition) is 1. The molecule has 1 amide bonds. The van der Waals surface area contributed by atoms with Gasteiger partial charge in [-0.15, -0.1) is 0 Å². The van der Waals surface area contributed by atoms with E-state index in [4.69, 9.17) is 22.1 Å². The number of amides is 1. The Labute approximate surface area is 300 Å². The largest absolute Gasteiger partial charge is 0.490 e. The van der Waals surface area contributed by atoms with Gasteiger partial charge < -0.3 is 15.4 Å². The van der Waals surface area contributed by atoms with E-state index in [-0.39, 0.29) is 41.6 Å². The molecule has 2 bridgehead atoms. The Morgan fingerprint density at radius 1 is 0.800 bits per heavy atom. The molecule has 4 aromatic rings. The van der Waals surface area contributed by atoms with Crippen LogP contribution >= 0.6 is 11.6 Å². The normalized spacial score (nSPS) is 25.0.